The maximum absolute atomic E-state index is 11.0. The number of likely N-dealkylation sites (tertiary alicyclic amines) is 1. The van der Waals surface area contributed by atoms with Crippen molar-refractivity contribution in [3.8, 4) is 0 Å². The van der Waals surface area contributed by atoms with E-state index in [4.69, 9.17) is 5.73 Å². The molecule has 0 unspecified atom stereocenters. The molecule has 2 fully saturated rings. The summed E-state index contributed by atoms with van der Waals surface area (Å²) in [6.07, 6.45) is 5.72. The number of amides is 1. The van der Waals surface area contributed by atoms with Gasteiger partial charge in [0, 0.05) is 6.54 Å². The molecule has 0 bridgehead atoms. The van der Waals surface area contributed by atoms with Crippen molar-refractivity contribution in [3.63, 3.8) is 0 Å². The largest absolute Gasteiger partial charge is 0.368 e. The maximum atomic E-state index is 11.0. The highest BCUT2D eigenvalue weighted by Gasteiger charge is 2.33. The van der Waals surface area contributed by atoms with Crippen LogP contribution in [0.5, 0.6) is 0 Å². The molecule has 3 heteroatoms. The van der Waals surface area contributed by atoms with E-state index >= 15 is 0 Å². The first-order chi connectivity index (χ1) is 5.77. The zero-order valence-electron chi connectivity index (χ0n) is 7.20. The van der Waals surface area contributed by atoms with Crippen molar-refractivity contribution in [1.82, 2.24) is 4.90 Å². The Kier molecular flexibility index (Phi) is 2.05. The van der Waals surface area contributed by atoms with Crippen molar-refractivity contribution < 1.29 is 4.79 Å². The number of carbonyl (C=O) groups excluding carboxylic acids is 1. The number of carbonyl (C=O) groups is 1. The highest BCUT2D eigenvalue weighted by molar-refractivity contribution is 5.81. The van der Waals surface area contributed by atoms with Crippen LogP contribution in [0.15, 0.2) is 0 Å². The highest BCUT2D eigenvalue weighted by Crippen LogP contribution is 2.31. The second kappa shape index (κ2) is 3.05. The Balaban J connectivity index is 1.88. The first-order valence-corrected chi connectivity index (χ1v) is 4.64. The third kappa shape index (κ3) is 1.61. The van der Waals surface area contributed by atoms with Gasteiger partial charge in [-0.2, -0.15) is 0 Å². The van der Waals surface area contributed by atoms with Gasteiger partial charge >= 0.3 is 0 Å². The van der Waals surface area contributed by atoms with E-state index in [0.717, 1.165) is 25.4 Å². The topological polar surface area (TPSA) is 46.3 Å². The van der Waals surface area contributed by atoms with Crippen LogP contribution in [0, 0.1) is 12.3 Å². The van der Waals surface area contributed by atoms with Crippen LogP contribution in [0.3, 0.4) is 0 Å². The molecule has 1 amide bonds. The van der Waals surface area contributed by atoms with Crippen molar-refractivity contribution in [2.24, 2.45) is 11.7 Å². The minimum atomic E-state index is -0.187. The van der Waals surface area contributed by atoms with Gasteiger partial charge in [0.2, 0.25) is 5.91 Å². The molecule has 1 aliphatic heterocycles. The third-order valence-corrected chi connectivity index (χ3v) is 2.68. The Morgan fingerprint density at radius 3 is 2.92 bits per heavy atom. The summed E-state index contributed by atoms with van der Waals surface area (Å²) in [5.41, 5.74) is 5.27. The lowest BCUT2D eigenvalue weighted by Gasteiger charge is -2.20. The van der Waals surface area contributed by atoms with Gasteiger partial charge in [0.05, 0.1) is 6.04 Å². The van der Waals surface area contributed by atoms with Crippen LogP contribution < -0.4 is 5.73 Å². The van der Waals surface area contributed by atoms with Gasteiger partial charge in [-0.15, -0.1) is 0 Å². The molecular weight excluding hydrogens is 152 g/mol. The minimum absolute atomic E-state index is 0.0781. The number of nitrogens with two attached hydrogens (primary N) is 1. The molecule has 1 aliphatic carbocycles. The lowest BCUT2D eigenvalue weighted by Crippen LogP contribution is -2.41. The molecule has 12 heavy (non-hydrogen) atoms. The van der Waals surface area contributed by atoms with E-state index in [9.17, 15) is 4.79 Å². The minimum Gasteiger partial charge on any atom is -0.368 e. The number of hydrogen-bond acceptors (Lipinski definition) is 2. The highest BCUT2D eigenvalue weighted by atomic mass is 16.1. The van der Waals surface area contributed by atoms with Crippen LogP contribution >= 0.6 is 0 Å². The zero-order chi connectivity index (χ0) is 8.55. The zero-order valence-corrected chi connectivity index (χ0v) is 7.20. The van der Waals surface area contributed by atoms with E-state index in [0.29, 0.717) is 0 Å². The molecule has 1 saturated heterocycles. The van der Waals surface area contributed by atoms with Gasteiger partial charge in [0.1, 0.15) is 0 Å². The molecular formula is C9H15N2O. The summed E-state index contributed by atoms with van der Waals surface area (Å²) < 4.78 is 0. The molecule has 1 radical (unpaired) electrons. The molecule has 1 heterocycles. The van der Waals surface area contributed by atoms with Crippen molar-refractivity contribution in [3.05, 3.63) is 6.42 Å². The van der Waals surface area contributed by atoms with Gasteiger partial charge in [0.25, 0.3) is 0 Å². The average Bonchev–Trinajstić information content (AvgIpc) is 2.66. The van der Waals surface area contributed by atoms with Gasteiger partial charge in [-0.25, -0.2) is 0 Å². The molecule has 2 rings (SSSR count). The van der Waals surface area contributed by atoms with Crippen LogP contribution in [0.2, 0.25) is 0 Å². The summed E-state index contributed by atoms with van der Waals surface area (Å²) in [6, 6.07) is -0.0781. The molecule has 2 N–H and O–H groups in total. The smallest absolute Gasteiger partial charge is 0.235 e. The fourth-order valence-electron chi connectivity index (χ4n) is 1.82. The molecule has 2 aliphatic rings. The maximum Gasteiger partial charge on any atom is 0.235 e. The number of nitrogens with zero attached hydrogens (tertiary/aromatic N) is 1. The molecule has 0 aromatic rings. The van der Waals surface area contributed by atoms with Crippen LogP contribution in [0.1, 0.15) is 19.3 Å². The van der Waals surface area contributed by atoms with E-state index < -0.39 is 0 Å². The Labute approximate surface area is 72.9 Å². The summed E-state index contributed by atoms with van der Waals surface area (Å²) in [5, 5.41) is 0. The standard InChI is InChI=1S/C9H15N2O/c10-9(12)8-2-1-5-11(8)6-7-3-4-7/h2,7-8H,1,3-6H2,(H2,10,12)/t8-/m0/s1. The third-order valence-electron chi connectivity index (χ3n) is 2.68. The molecule has 0 aromatic carbocycles. The Bertz CT molecular complexity index is 189. The normalized spacial score (nSPS) is 30.8. The van der Waals surface area contributed by atoms with E-state index in [1.807, 2.05) is 6.42 Å². The number of hydrogen-bond donors (Lipinski definition) is 1. The molecule has 0 spiro atoms. The molecule has 1 saturated carbocycles. The van der Waals surface area contributed by atoms with Crippen LogP contribution in [0.4, 0.5) is 0 Å². The van der Waals surface area contributed by atoms with Gasteiger partial charge in [-0.1, -0.05) is 0 Å². The van der Waals surface area contributed by atoms with E-state index in [1.54, 1.807) is 0 Å². The number of rotatable bonds is 3. The lowest BCUT2D eigenvalue weighted by atomic mass is 10.2. The Morgan fingerprint density at radius 1 is 1.58 bits per heavy atom. The predicted octanol–water partition coefficient (Wildman–Crippen LogP) is 0.160. The monoisotopic (exact) mass is 167 g/mol. The molecule has 1 atom stereocenters. The van der Waals surface area contributed by atoms with E-state index in [2.05, 4.69) is 4.90 Å². The van der Waals surface area contributed by atoms with Crippen molar-refractivity contribution in [2.45, 2.75) is 25.3 Å². The summed E-state index contributed by atoms with van der Waals surface area (Å²) in [4.78, 5) is 13.2. The molecule has 3 nitrogen and oxygen atoms in total. The first-order valence-electron chi connectivity index (χ1n) is 4.64. The average molecular weight is 167 g/mol. The van der Waals surface area contributed by atoms with Gasteiger partial charge in [0.15, 0.2) is 0 Å². The lowest BCUT2D eigenvalue weighted by molar-refractivity contribution is -0.121. The van der Waals surface area contributed by atoms with Crippen LogP contribution in [-0.2, 0) is 4.79 Å². The van der Waals surface area contributed by atoms with Gasteiger partial charge in [-0.05, 0) is 38.1 Å². The summed E-state index contributed by atoms with van der Waals surface area (Å²) in [7, 11) is 0. The quantitative estimate of drug-likeness (QED) is 0.651. The Morgan fingerprint density at radius 2 is 2.33 bits per heavy atom. The fraction of sp³-hybridized carbons (Fsp3) is 0.778. The van der Waals surface area contributed by atoms with Gasteiger partial charge < -0.3 is 5.73 Å². The van der Waals surface area contributed by atoms with Crippen molar-refractivity contribution in [2.75, 3.05) is 13.1 Å². The predicted molar refractivity (Wildman–Crippen MR) is 46.2 cm³/mol. The van der Waals surface area contributed by atoms with Crippen LogP contribution in [0.25, 0.3) is 0 Å². The molecule has 0 aromatic heterocycles. The number of primary amides is 1. The summed E-state index contributed by atoms with van der Waals surface area (Å²) >= 11 is 0. The van der Waals surface area contributed by atoms with E-state index in [1.165, 1.54) is 12.8 Å². The van der Waals surface area contributed by atoms with Crippen molar-refractivity contribution >= 4 is 5.91 Å². The fourth-order valence-corrected chi connectivity index (χ4v) is 1.82. The Hall–Kier alpha value is -0.570. The molecule has 67 valence electrons. The first kappa shape index (κ1) is 8.05. The summed E-state index contributed by atoms with van der Waals surface area (Å²) in [6.45, 7) is 2.09. The SMILES string of the molecule is NC(=O)[C@@H]1[CH]CCN1CC1CC1. The second-order valence-electron chi connectivity index (χ2n) is 3.81. The van der Waals surface area contributed by atoms with Gasteiger partial charge in [-0.3, -0.25) is 9.69 Å². The second-order valence-corrected chi connectivity index (χ2v) is 3.81. The van der Waals surface area contributed by atoms with Crippen LogP contribution in [-0.4, -0.2) is 29.9 Å². The van der Waals surface area contributed by atoms with Crippen molar-refractivity contribution in [1.29, 1.82) is 0 Å². The van der Waals surface area contributed by atoms with E-state index in [-0.39, 0.29) is 11.9 Å². The summed E-state index contributed by atoms with van der Waals surface area (Å²) in [5.74, 6) is 0.659.